The van der Waals surface area contributed by atoms with Crippen LogP contribution < -0.4 is 20.7 Å². The summed E-state index contributed by atoms with van der Waals surface area (Å²) in [5.74, 6) is -1.32. The Hall–Kier alpha value is -4.17. The molecule has 0 bridgehead atoms. The molecule has 0 spiro atoms. The van der Waals surface area contributed by atoms with Crippen LogP contribution in [0.1, 0.15) is 26.3 Å². The van der Waals surface area contributed by atoms with Gasteiger partial charge in [-0.3, -0.25) is 19.2 Å². The molecule has 9 heteroatoms. The number of anilines is 2. The Labute approximate surface area is 193 Å². The third-order valence-electron chi connectivity index (χ3n) is 4.94. The molecule has 0 fully saturated rings. The molecule has 3 aromatic carbocycles. The fourth-order valence-electron chi connectivity index (χ4n) is 3.42. The highest BCUT2D eigenvalue weighted by Gasteiger charge is 2.37. The van der Waals surface area contributed by atoms with Crippen LogP contribution in [-0.4, -0.2) is 30.2 Å². The molecule has 0 atom stereocenters. The minimum absolute atomic E-state index is 0.123. The monoisotopic (exact) mass is 463 g/mol. The molecule has 1 aliphatic heterocycles. The number of primary amides is 1. The summed E-state index contributed by atoms with van der Waals surface area (Å²) >= 11 is 6.33. The van der Waals surface area contributed by atoms with E-state index in [2.05, 4.69) is 5.32 Å². The van der Waals surface area contributed by atoms with Gasteiger partial charge in [0.25, 0.3) is 17.7 Å². The van der Waals surface area contributed by atoms with Crippen LogP contribution in [0, 0.1) is 0 Å². The van der Waals surface area contributed by atoms with Gasteiger partial charge in [-0.2, -0.15) is 0 Å². The first-order chi connectivity index (χ1) is 15.8. The van der Waals surface area contributed by atoms with Gasteiger partial charge in [-0.25, -0.2) is 4.90 Å². The summed E-state index contributed by atoms with van der Waals surface area (Å²) in [6, 6.07) is 17.7. The molecule has 0 aromatic heterocycles. The van der Waals surface area contributed by atoms with Gasteiger partial charge in [0.05, 0.1) is 28.3 Å². The summed E-state index contributed by atoms with van der Waals surface area (Å²) in [5, 5.41) is 2.78. The van der Waals surface area contributed by atoms with Crippen molar-refractivity contribution >= 4 is 46.6 Å². The van der Waals surface area contributed by atoms with Crippen molar-refractivity contribution in [1.29, 1.82) is 0 Å². The lowest BCUT2D eigenvalue weighted by molar-refractivity contribution is -0.118. The number of nitrogens with zero attached hydrogens (tertiary/aromatic N) is 1. The van der Waals surface area contributed by atoms with E-state index in [0.717, 1.165) is 10.5 Å². The van der Waals surface area contributed by atoms with Crippen molar-refractivity contribution in [2.45, 2.75) is 6.42 Å². The van der Waals surface area contributed by atoms with Gasteiger partial charge in [0, 0.05) is 5.69 Å². The maximum Gasteiger partial charge on any atom is 0.266 e. The molecule has 1 heterocycles. The Balaban J connectivity index is 1.39. The zero-order valence-corrected chi connectivity index (χ0v) is 18.0. The number of hydrogen-bond donors (Lipinski definition) is 2. The Bertz CT molecular complexity index is 1240. The van der Waals surface area contributed by atoms with Gasteiger partial charge < -0.3 is 15.8 Å². The van der Waals surface area contributed by atoms with Gasteiger partial charge in [0.1, 0.15) is 5.75 Å². The predicted molar refractivity (Wildman–Crippen MR) is 122 cm³/mol. The second-order valence-corrected chi connectivity index (χ2v) is 7.69. The number of imide groups is 1. The van der Waals surface area contributed by atoms with E-state index in [1.54, 1.807) is 54.6 Å². The Kier molecular flexibility index (Phi) is 6.10. The molecule has 0 radical (unpaired) electrons. The molecule has 1 aliphatic rings. The number of nitrogens with two attached hydrogens (primary N) is 1. The number of amides is 4. The van der Waals surface area contributed by atoms with Crippen molar-refractivity contribution in [1.82, 2.24) is 0 Å². The van der Waals surface area contributed by atoms with Gasteiger partial charge in [0.2, 0.25) is 5.91 Å². The number of rotatable bonds is 7. The average Bonchev–Trinajstić information content (AvgIpc) is 3.04. The summed E-state index contributed by atoms with van der Waals surface area (Å²) in [7, 11) is 0. The lowest BCUT2D eigenvalue weighted by Crippen LogP contribution is -2.29. The fraction of sp³-hybridized carbons (Fsp3) is 0.0833. The minimum Gasteiger partial charge on any atom is -0.484 e. The number of nitrogens with one attached hydrogen (secondary N) is 1. The van der Waals surface area contributed by atoms with Crippen LogP contribution in [0.25, 0.3) is 0 Å². The van der Waals surface area contributed by atoms with Gasteiger partial charge in [0.15, 0.2) is 6.61 Å². The van der Waals surface area contributed by atoms with Crippen LogP contribution >= 0.6 is 11.6 Å². The fourth-order valence-corrected chi connectivity index (χ4v) is 3.69. The Morgan fingerprint density at radius 1 is 0.939 bits per heavy atom. The molecule has 0 saturated heterocycles. The highest BCUT2D eigenvalue weighted by atomic mass is 35.5. The number of benzene rings is 3. The third kappa shape index (κ3) is 4.70. The van der Waals surface area contributed by atoms with Crippen molar-refractivity contribution in [2.75, 3.05) is 16.8 Å². The smallest absolute Gasteiger partial charge is 0.266 e. The van der Waals surface area contributed by atoms with Crippen molar-refractivity contribution < 1.29 is 23.9 Å². The number of carbonyl (C=O) groups is 4. The number of halogens is 1. The summed E-state index contributed by atoms with van der Waals surface area (Å²) in [6.45, 7) is -0.257. The first-order valence-corrected chi connectivity index (χ1v) is 10.3. The zero-order valence-electron chi connectivity index (χ0n) is 17.2. The van der Waals surface area contributed by atoms with Crippen LogP contribution in [0.15, 0.2) is 66.7 Å². The molecule has 0 aliphatic carbocycles. The average molecular weight is 464 g/mol. The quantitative estimate of drug-likeness (QED) is 0.521. The van der Waals surface area contributed by atoms with Crippen molar-refractivity contribution in [3.8, 4) is 5.75 Å². The summed E-state index contributed by atoms with van der Waals surface area (Å²) < 4.78 is 5.44. The van der Waals surface area contributed by atoms with Crippen LogP contribution in [0.2, 0.25) is 5.02 Å². The molecule has 33 heavy (non-hydrogen) atoms. The van der Waals surface area contributed by atoms with Gasteiger partial charge in [-0.05, 0) is 48.0 Å². The van der Waals surface area contributed by atoms with Crippen molar-refractivity contribution in [3.63, 3.8) is 0 Å². The van der Waals surface area contributed by atoms with E-state index in [1.165, 1.54) is 12.1 Å². The van der Waals surface area contributed by atoms with Gasteiger partial charge in [-0.15, -0.1) is 0 Å². The first-order valence-electron chi connectivity index (χ1n) is 9.91. The predicted octanol–water partition coefficient (Wildman–Crippen LogP) is 3.19. The molecule has 4 amide bonds. The number of ether oxygens (including phenoxy) is 1. The normalized spacial score (nSPS) is 12.5. The van der Waals surface area contributed by atoms with Crippen LogP contribution in [0.3, 0.4) is 0 Å². The van der Waals surface area contributed by atoms with Crippen molar-refractivity contribution in [3.05, 3.63) is 88.4 Å². The Morgan fingerprint density at radius 3 is 2.15 bits per heavy atom. The highest BCUT2D eigenvalue weighted by Crippen LogP contribution is 2.34. The van der Waals surface area contributed by atoms with Gasteiger partial charge in [-0.1, -0.05) is 35.9 Å². The van der Waals surface area contributed by atoms with E-state index in [1.807, 2.05) is 0 Å². The molecule has 8 nitrogen and oxygen atoms in total. The van der Waals surface area contributed by atoms with Crippen LogP contribution in [0.5, 0.6) is 5.75 Å². The second-order valence-electron chi connectivity index (χ2n) is 7.28. The molecule has 0 unspecified atom stereocenters. The largest absolute Gasteiger partial charge is 0.484 e. The van der Waals surface area contributed by atoms with E-state index in [-0.39, 0.29) is 23.7 Å². The third-order valence-corrected chi connectivity index (χ3v) is 5.24. The Morgan fingerprint density at radius 2 is 1.58 bits per heavy atom. The summed E-state index contributed by atoms with van der Waals surface area (Å²) in [6.07, 6.45) is 0.123. The standard InChI is InChI=1S/C24H18ClN3O5/c25-19-12-15(27-22(30)13-33-16-8-5-14(6-9-16)11-21(26)29)7-10-20(19)28-23(31)17-3-1-2-4-18(17)24(28)32/h1-10,12H,11,13H2,(H2,26,29)(H,27,30). The van der Waals surface area contributed by atoms with Crippen LogP contribution in [0.4, 0.5) is 11.4 Å². The maximum atomic E-state index is 12.7. The SMILES string of the molecule is NC(=O)Cc1ccc(OCC(=O)Nc2ccc(N3C(=O)c4ccccc4C3=O)c(Cl)c2)cc1. The number of carbonyl (C=O) groups excluding carboxylic acids is 4. The summed E-state index contributed by atoms with van der Waals surface area (Å²) in [4.78, 5) is 49.5. The molecule has 3 N–H and O–H groups in total. The summed E-state index contributed by atoms with van der Waals surface area (Å²) in [5.41, 5.74) is 7.14. The van der Waals surface area contributed by atoms with E-state index in [9.17, 15) is 19.2 Å². The van der Waals surface area contributed by atoms with Gasteiger partial charge >= 0.3 is 0 Å². The van der Waals surface area contributed by atoms with E-state index >= 15 is 0 Å². The molecular weight excluding hydrogens is 446 g/mol. The maximum absolute atomic E-state index is 12.7. The molecule has 3 aromatic rings. The van der Waals surface area contributed by atoms with E-state index < -0.39 is 23.6 Å². The topological polar surface area (TPSA) is 119 Å². The highest BCUT2D eigenvalue weighted by molar-refractivity contribution is 6.40. The number of fused-ring (bicyclic) bond motifs is 1. The molecule has 4 rings (SSSR count). The lowest BCUT2D eigenvalue weighted by atomic mass is 10.1. The molecular formula is C24H18ClN3O5. The van der Waals surface area contributed by atoms with Crippen LogP contribution in [-0.2, 0) is 16.0 Å². The molecule has 0 saturated carbocycles. The number of hydrogen-bond acceptors (Lipinski definition) is 5. The second kappa shape index (κ2) is 9.13. The zero-order chi connectivity index (χ0) is 23.5. The van der Waals surface area contributed by atoms with E-state index in [4.69, 9.17) is 22.1 Å². The first kappa shape index (κ1) is 22.0. The van der Waals surface area contributed by atoms with E-state index in [0.29, 0.717) is 22.6 Å². The lowest BCUT2D eigenvalue weighted by Gasteiger charge is -2.16. The van der Waals surface area contributed by atoms with Crippen molar-refractivity contribution in [2.24, 2.45) is 5.73 Å². The minimum atomic E-state index is -0.454. The molecule has 166 valence electrons.